The average Bonchev–Trinajstić information content (AvgIpc) is 3.30. The Balaban J connectivity index is 0.00000176. The van der Waals surface area contributed by atoms with E-state index < -0.39 is 0 Å². The van der Waals surface area contributed by atoms with Gasteiger partial charge in [0.25, 0.3) is 0 Å². The molecule has 0 bridgehead atoms. The van der Waals surface area contributed by atoms with E-state index in [1.165, 1.54) is 37.7 Å². The van der Waals surface area contributed by atoms with Crippen LogP contribution in [0.1, 0.15) is 50.6 Å². The Morgan fingerprint density at radius 3 is 2.45 bits per heavy atom. The van der Waals surface area contributed by atoms with Crippen molar-refractivity contribution in [2.24, 2.45) is 16.3 Å². The third-order valence-corrected chi connectivity index (χ3v) is 5.28. The second-order valence-electron chi connectivity index (χ2n) is 6.69. The Morgan fingerprint density at radius 2 is 1.95 bits per heavy atom. The molecule has 2 N–H and O–H groups in total. The SMILES string of the molecule is CN=C(NCC1(C2CC2)CCC1)NC(C)c1ccccc1.I. The predicted octanol–water partition coefficient (Wildman–Crippen LogP) is 4.11. The summed E-state index contributed by atoms with van der Waals surface area (Å²) in [7, 11) is 1.86. The molecule has 22 heavy (non-hydrogen) atoms. The van der Waals surface area contributed by atoms with Crippen molar-refractivity contribution in [3.05, 3.63) is 35.9 Å². The summed E-state index contributed by atoms with van der Waals surface area (Å²) < 4.78 is 0. The third kappa shape index (κ3) is 3.94. The van der Waals surface area contributed by atoms with Crippen molar-refractivity contribution >= 4 is 29.9 Å². The molecule has 3 rings (SSSR count). The largest absolute Gasteiger partial charge is 0.356 e. The molecule has 1 aromatic carbocycles. The van der Waals surface area contributed by atoms with Gasteiger partial charge in [-0.1, -0.05) is 36.8 Å². The molecule has 2 aliphatic carbocycles. The summed E-state index contributed by atoms with van der Waals surface area (Å²) in [6.45, 7) is 3.26. The van der Waals surface area contributed by atoms with Crippen molar-refractivity contribution in [3.63, 3.8) is 0 Å². The van der Waals surface area contributed by atoms with Gasteiger partial charge in [-0.3, -0.25) is 4.99 Å². The maximum Gasteiger partial charge on any atom is 0.191 e. The van der Waals surface area contributed by atoms with E-state index in [-0.39, 0.29) is 30.0 Å². The van der Waals surface area contributed by atoms with Crippen LogP contribution in [0.3, 0.4) is 0 Å². The standard InChI is InChI=1S/C18H27N3.HI/c1-14(15-7-4-3-5-8-15)21-17(19-2)20-13-18(11-6-12-18)16-9-10-16;/h3-5,7-8,14,16H,6,9-13H2,1-2H3,(H2,19,20,21);1H. The van der Waals surface area contributed by atoms with Crippen LogP contribution in [0.4, 0.5) is 0 Å². The normalized spacial score (nSPS) is 21.3. The van der Waals surface area contributed by atoms with Gasteiger partial charge in [-0.05, 0) is 49.5 Å². The Hall–Kier alpha value is -0.780. The van der Waals surface area contributed by atoms with Crippen LogP contribution in [0.15, 0.2) is 35.3 Å². The van der Waals surface area contributed by atoms with Crippen LogP contribution in [0.5, 0.6) is 0 Å². The minimum atomic E-state index is 0. The van der Waals surface area contributed by atoms with Crippen LogP contribution < -0.4 is 10.6 Å². The molecule has 2 fully saturated rings. The predicted molar refractivity (Wildman–Crippen MR) is 104 cm³/mol. The van der Waals surface area contributed by atoms with E-state index in [1.54, 1.807) is 0 Å². The molecule has 2 aliphatic rings. The van der Waals surface area contributed by atoms with E-state index in [0.717, 1.165) is 18.4 Å². The Morgan fingerprint density at radius 1 is 1.27 bits per heavy atom. The summed E-state index contributed by atoms with van der Waals surface area (Å²) in [5.74, 6) is 1.90. The fourth-order valence-corrected chi connectivity index (χ4v) is 3.54. The summed E-state index contributed by atoms with van der Waals surface area (Å²) in [6, 6.07) is 10.8. The summed E-state index contributed by atoms with van der Waals surface area (Å²) >= 11 is 0. The highest BCUT2D eigenvalue weighted by atomic mass is 127. The number of aliphatic imine (C=N–C) groups is 1. The zero-order valence-corrected chi connectivity index (χ0v) is 16.0. The van der Waals surface area contributed by atoms with Gasteiger partial charge in [0.05, 0.1) is 6.04 Å². The van der Waals surface area contributed by atoms with Crippen molar-refractivity contribution in [2.75, 3.05) is 13.6 Å². The van der Waals surface area contributed by atoms with E-state index in [4.69, 9.17) is 0 Å². The molecule has 0 aromatic heterocycles. The summed E-state index contributed by atoms with van der Waals surface area (Å²) in [5, 5.41) is 7.08. The van der Waals surface area contributed by atoms with Crippen LogP contribution in [-0.2, 0) is 0 Å². The quantitative estimate of drug-likeness (QED) is 0.433. The first-order chi connectivity index (χ1) is 10.2. The zero-order valence-electron chi connectivity index (χ0n) is 13.6. The molecule has 0 aliphatic heterocycles. The number of hydrogen-bond acceptors (Lipinski definition) is 1. The molecule has 0 heterocycles. The van der Waals surface area contributed by atoms with Crippen molar-refractivity contribution in [1.82, 2.24) is 10.6 Å². The van der Waals surface area contributed by atoms with Gasteiger partial charge in [0, 0.05) is 13.6 Å². The van der Waals surface area contributed by atoms with Gasteiger partial charge >= 0.3 is 0 Å². The van der Waals surface area contributed by atoms with E-state index in [1.807, 2.05) is 7.05 Å². The topological polar surface area (TPSA) is 36.4 Å². The number of rotatable bonds is 5. The first-order valence-electron chi connectivity index (χ1n) is 8.26. The number of hydrogen-bond donors (Lipinski definition) is 2. The van der Waals surface area contributed by atoms with E-state index in [2.05, 4.69) is 52.9 Å². The highest BCUT2D eigenvalue weighted by molar-refractivity contribution is 14.0. The lowest BCUT2D eigenvalue weighted by molar-refractivity contribution is 0.106. The van der Waals surface area contributed by atoms with Crippen LogP contribution in [-0.4, -0.2) is 19.6 Å². The van der Waals surface area contributed by atoms with Gasteiger partial charge in [-0.15, -0.1) is 24.0 Å². The molecule has 0 amide bonds. The average molecular weight is 413 g/mol. The molecule has 1 unspecified atom stereocenters. The summed E-state index contributed by atoms with van der Waals surface area (Å²) in [6.07, 6.45) is 7.08. The molecular formula is C18H28IN3. The van der Waals surface area contributed by atoms with E-state index >= 15 is 0 Å². The smallest absolute Gasteiger partial charge is 0.191 e. The Bertz CT molecular complexity index is 492. The van der Waals surface area contributed by atoms with Gasteiger partial charge in [-0.2, -0.15) is 0 Å². The number of nitrogens with one attached hydrogen (secondary N) is 2. The van der Waals surface area contributed by atoms with Crippen LogP contribution in [0.25, 0.3) is 0 Å². The van der Waals surface area contributed by atoms with Crippen molar-refractivity contribution in [2.45, 2.75) is 45.1 Å². The molecule has 122 valence electrons. The maximum atomic E-state index is 4.39. The zero-order chi connectivity index (χ0) is 14.7. The molecule has 1 aromatic rings. The van der Waals surface area contributed by atoms with Gasteiger partial charge in [0.15, 0.2) is 5.96 Å². The highest BCUT2D eigenvalue weighted by Gasteiger charge is 2.48. The van der Waals surface area contributed by atoms with Gasteiger partial charge in [0.2, 0.25) is 0 Å². The molecule has 1 atom stereocenters. The van der Waals surface area contributed by atoms with Crippen LogP contribution in [0.2, 0.25) is 0 Å². The highest BCUT2D eigenvalue weighted by Crippen LogP contribution is 2.56. The maximum absolute atomic E-state index is 4.39. The molecule has 0 spiro atoms. The molecule has 2 saturated carbocycles. The van der Waals surface area contributed by atoms with Crippen LogP contribution >= 0.6 is 24.0 Å². The second kappa shape index (κ2) is 7.66. The third-order valence-electron chi connectivity index (χ3n) is 5.28. The molecule has 4 heteroatoms. The number of guanidine groups is 1. The van der Waals surface area contributed by atoms with Gasteiger partial charge in [0.1, 0.15) is 0 Å². The Labute approximate surface area is 151 Å². The van der Waals surface area contributed by atoms with E-state index in [0.29, 0.717) is 5.41 Å². The molecule has 0 radical (unpaired) electrons. The lowest BCUT2D eigenvalue weighted by Crippen LogP contribution is -2.47. The molecule has 0 saturated heterocycles. The van der Waals surface area contributed by atoms with Crippen LogP contribution in [0, 0.1) is 11.3 Å². The van der Waals surface area contributed by atoms with E-state index in [9.17, 15) is 0 Å². The number of benzene rings is 1. The lowest BCUT2D eigenvalue weighted by atomic mass is 9.65. The fraction of sp³-hybridized carbons (Fsp3) is 0.611. The molecular weight excluding hydrogens is 385 g/mol. The minimum Gasteiger partial charge on any atom is -0.356 e. The van der Waals surface area contributed by atoms with Crippen molar-refractivity contribution in [1.29, 1.82) is 0 Å². The van der Waals surface area contributed by atoms with Gasteiger partial charge in [-0.25, -0.2) is 0 Å². The summed E-state index contributed by atoms with van der Waals surface area (Å²) in [4.78, 5) is 4.39. The number of halogens is 1. The van der Waals surface area contributed by atoms with Crippen molar-refractivity contribution < 1.29 is 0 Å². The monoisotopic (exact) mass is 413 g/mol. The fourth-order valence-electron chi connectivity index (χ4n) is 3.54. The Kier molecular flexibility index (Phi) is 6.12. The minimum absolute atomic E-state index is 0. The molecule has 3 nitrogen and oxygen atoms in total. The van der Waals surface area contributed by atoms with Gasteiger partial charge < -0.3 is 10.6 Å². The lowest BCUT2D eigenvalue weighted by Gasteiger charge is -2.43. The van der Waals surface area contributed by atoms with Crippen molar-refractivity contribution in [3.8, 4) is 0 Å². The first-order valence-corrected chi connectivity index (χ1v) is 8.26. The second-order valence-corrected chi connectivity index (χ2v) is 6.69. The first kappa shape index (κ1) is 17.6. The summed E-state index contributed by atoms with van der Waals surface area (Å²) in [5.41, 5.74) is 1.87. The number of nitrogens with zero attached hydrogens (tertiary/aromatic N) is 1.